The minimum atomic E-state index is -0.734. The van der Waals surface area contributed by atoms with E-state index in [-0.39, 0.29) is 24.4 Å². The first-order chi connectivity index (χ1) is 15.0. The first-order valence-electron chi connectivity index (χ1n) is 11.6. The Bertz CT molecular complexity index is 920. The first kappa shape index (κ1) is 26.1. The Kier molecular flexibility index (Phi) is 8.67. The van der Waals surface area contributed by atoms with Gasteiger partial charge in [0.05, 0.1) is 12.7 Å². The molecule has 0 radical (unpaired) electrons. The summed E-state index contributed by atoms with van der Waals surface area (Å²) in [4.78, 5) is 12.2. The number of aryl methyl sites for hydroxylation is 2. The van der Waals surface area contributed by atoms with Crippen LogP contribution >= 0.6 is 0 Å². The molecule has 0 aromatic heterocycles. The summed E-state index contributed by atoms with van der Waals surface area (Å²) in [6, 6.07) is 12.7. The maximum absolute atomic E-state index is 12.2. The van der Waals surface area contributed by atoms with E-state index in [0.717, 1.165) is 35.3 Å². The van der Waals surface area contributed by atoms with E-state index >= 15 is 0 Å². The van der Waals surface area contributed by atoms with Gasteiger partial charge >= 0.3 is 0 Å². The molecular formula is C28H40O4. The molecule has 0 amide bonds. The highest BCUT2D eigenvalue weighted by molar-refractivity contribution is 5.85. The Morgan fingerprint density at radius 1 is 0.969 bits per heavy atom. The number of aliphatic hydroxyl groups is 2. The molecule has 0 saturated carbocycles. The van der Waals surface area contributed by atoms with Crippen molar-refractivity contribution in [2.24, 2.45) is 5.41 Å². The molecule has 0 saturated heterocycles. The molecule has 0 bridgehead atoms. The lowest BCUT2D eigenvalue weighted by Gasteiger charge is -2.34. The number of benzene rings is 2. The predicted octanol–water partition coefficient (Wildman–Crippen LogP) is 5.30. The second-order valence-electron chi connectivity index (χ2n) is 9.91. The fourth-order valence-corrected chi connectivity index (χ4v) is 4.24. The Balaban J connectivity index is 2.36. The summed E-state index contributed by atoms with van der Waals surface area (Å²) in [6.07, 6.45) is 1.61. The maximum atomic E-state index is 12.2. The van der Waals surface area contributed by atoms with E-state index in [2.05, 4.69) is 51.1 Å². The third kappa shape index (κ3) is 5.79. The molecule has 4 heteroatoms. The summed E-state index contributed by atoms with van der Waals surface area (Å²) in [7, 11) is 0. The number of aliphatic hydroxyl groups excluding tert-OH is 2. The molecule has 0 aliphatic heterocycles. The fourth-order valence-electron chi connectivity index (χ4n) is 4.24. The molecule has 1 atom stereocenters. The zero-order valence-corrected chi connectivity index (χ0v) is 20.8. The topological polar surface area (TPSA) is 66.8 Å². The van der Waals surface area contributed by atoms with Gasteiger partial charge in [0.25, 0.3) is 0 Å². The van der Waals surface area contributed by atoms with Crippen LogP contribution in [0.15, 0.2) is 36.4 Å². The number of Topliss-reactive ketones (excluding diaryl/α,β-unsaturated/α-hetero) is 1. The summed E-state index contributed by atoms with van der Waals surface area (Å²) < 4.78 is 5.85. The molecule has 2 N–H and O–H groups in total. The van der Waals surface area contributed by atoms with E-state index in [1.807, 2.05) is 33.8 Å². The van der Waals surface area contributed by atoms with Gasteiger partial charge in [0, 0.05) is 17.3 Å². The number of carbonyl (C=O) groups is 1. The molecule has 0 aliphatic carbocycles. The van der Waals surface area contributed by atoms with Crippen molar-refractivity contribution in [1.29, 1.82) is 0 Å². The highest BCUT2D eigenvalue weighted by Gasteiger charge is 2.31. The average Bonchev–Trinajstić information content (AvgIpc) is 2.75. The quantitative estimate of drug-likeness (QED) is 0.526. The molecule has 1 unspecified atom stereocenters. The van der Waals surface area contributed by atoms with Crippen LogP contribution in [0.4, 0.5) is 0 Å². The standard InChI is InChI=1S/C28H40O4/c1-8-28(9-2,22-11-10-21(19(3)14-22)16-24(30)17-29)23-12-13-25(20(4)15-23)32-18-26(31)27(5,6)7/h10-15,24,29-30H,8-9,16-18H2,1-7H3. The van der Waals surface area contributed by atoms with Gasteiger partial charge in [-0.2, -0.15) is 0 Å². The van der Waals surface area contributed by atoms with Crippen LogP contribution in [-0.2, 0) is 16.6 Å². The first-order valence-corrected chi connectivity index (χ1v) is 11.6. The van der Waals surface area contributed by atoms with Crippen molar-refractivity contribution < 1.29 is 19.7 Å². The van der Waals surface area contributed by atoms with Crippen LogP contribution in [0.5, 0.6) is 5.75 Å². The van der Waals surface area contributed by atoms with Crippen molar-refractivity contribution in [2.45, 2.75) is 79.2 Å². The van der Waals surface area contributed by atoms with Crippen LogP contribution in [0.3, 0.4) is 0 Å². The normalized spacial score (nSPS) is 13.2. The van der Waals surface area contributed by atoms with E-state index < -0.39 is 11.5 Å². The van der Waals surface area contributed by atoms with Crippen LogP contribution < -0.4 is 4.74 Å². The molecule has 0 fully saturated rings. The molecule has 0 heterocycles. The van der Waals surface area contributed by atoms with Gasteiger partial charge in [0.15, 0.2) is 5.78 Å². The average molecular weight is 441 g/mol. The Labute approximate surface area is 193 Å². The number of ketones is 1. The molecule has 176 valence electrons. The second-order valence-corrected chi connectivity index (χ2v) is 9.91. The summed E-state index contributed by atoms with van der Waals surface area (Å²) in [5.74, 6) is 0.830. The second kappa shape index (κ2) is 10.6. The van der Waals surface area contributed by atoms with Crippen molar-refractivity contribution in [3.63, 3.8) is 0 Å². The maximum Gasteiger partial charge on any atom is 0.175 e. The highest BCUT2D eigenvalue weighted by Crippen LogP contribution is 2.41. The Morgan fingerprint density at radius 3 is 2.00 bits per heavy atom. The van der Waals surface area contributed by atoms with Gasteiger partial charge in [-0.25, -0.2) is 0 Å². The molecule has 4 nitrogen and oxygen atoms in total. The lowest BCUT2D eigenvalue weighted by atomic mass is 9.69. The summed E-state index contributed by atoms with van der Waals surface area (Å²) in [5, 5.41) is 19.0. The van der Waals surface area contributed by atoms with E-state index in [0.29, 0.717) is 6.42 Å². The van der Waals surface area contributed by atoms with Crippen molar-refractivity contribution in [1.82, 2.24) is 0 Å². The Morgan fingerprint density at radius 2 is 1.53 bits per heavy atom. The summed E-state index contributed by atoms with van der Waals surface area (Å²) in [5.41, 5.74) is 5.14. The molecule has 32 heavy (non-hydrogen) atoms. The van der Waals surface area contributed by atoms with Crippen LogP contribution in [0, 0.1) is 19.3 Å². The van der Waals surface area contributed by atoms with E-state index in [1.54, 1.807) is 0 Å². The summed E-state index contributed by atoms with van der Waals surface area (Å²) >= 11 is 0. The summed E-state index contributed by atoms with van der Waals surface area (Å²) in [6.45, 7) is 14.1. The van der Waals surface area contributed by atoms with Gasteiger partial charge in [-0.05, 0) is 60.6 Å². The van der Waals surface area contributed by atoms with Gasteiger partial charge < -0.3 is 14.9 Å². The van der Waals surface area contributed by atoms with Gasteiger partial charge in [-0.1, -0.05) is 65.0 Å². The van der Waals surface area contributed by atoms with Crippen molar-refractivity contribution in [2.75, 3.05) is 13.2 Å². The fraction of sp³-hybridized carbons (Fsp3) is 0.536. The van der Waals surface area contributed by atoms with Crippen molar-refractivity contribution >= 4 is 5.78 Å². The van der Waals surface area contributed by atoms with E-state index in [4.69, 9.17) is 4.74 Å². The van der Waals surface area contributed by atoms with E-state index in [1.165, 1.54) is 11.1 Å². The minimum Gasteiger partial charge on any atom is -0.486 e. The molecule has 0 aliphatic rings. The molecule has 0 spiro atoms. The van der Waals surface area contributed by atoms with Crippen LogP contribution in [0.1, 0.15) is 75.3 Å². The number of hydrogen-bond donors (Lipinski definition) is 2. The van der Waals surface area contributed by atoms with Gasteiger partial charge in [0.1, 0.15) is 12.4 Å². The lowest BCUT2D eigenvalue weighted by Crippen LogP contribution is -2.27. The third-order valence-electron chi connectivity index (χ3n) is 6.69. The van der Waals surface area contributed by atoms with Crippen molar-refractivity contribution in [3.05, 3.63) is 64.2 Å². The SMILES string of the molecule is CCC(CC)(c1ccc(CC(O)CO)c(C)c1)c1ccc(OCC(=O)C(C)(C)C)c(C)c1. The zero-order chi connectivity index (χ0) is 24.1. The van der Waals surface area contributed by atoms with Crippen LogP contribution in [0.2, 0.25) is 0 Å². The highest BCUT2D eigenvalue weighted by atomic mass is 16.5. The third-order valence-corrected chi connectivity index (χ3v) is 6.69. The number of carbonyl (C=O) groups excluding carboxylic acids is 1. The van der Waals surface area contributed by atoms with Gasteiger partial charge in [0.2, 0.25) is 0 Å². The smallest absolute Gasteiger partial charge is 0.175 e. The zero-order valence-electron chi connectivity index (χ0n) is 20.8. The molecule has 2 rings (SSSR count). The molecule has 2 aromatic rings. The lowest BCUT2D eigenvalue weighted by molar-refractivity contribution is -0.128. The number of hydrogen-bond acceptors (Lipinski definition) is 4. The Hall–Kier alpha value is -2.17. The van der Waals surface area contributed by atoms with Crippen LogP contribution in [0.25, 0.3) is 0 Å². The minimum absolute atomic E-state index is 0.0801. The van der Waals surface area contributed by atoms with Gasteiger partial charge in [-0.15, -0.1) is 0 Å². The predicted molar refractivity (Wildman–Crippen MR) is 130 cm³/mol. The molecule has 2 aromatic carbocycles. The van der Waals surface area contributed by atoms with E-state index in [9.17, 15) is 15.0 Å². The number of ether oxygens (including phenoxy) is 1. The van der Waals surface area contributed by atoms with Gasteiger partial charge in [-0.3, -0.25) is 4.79 Å². The molecular weight excluding hydrogens is 400 g/mol. The largest absolute Gasteiger partial charge is 0.486 e. The number of rotatable bonds is 10. The van der Waals surface area contributed by atoms with Crippen LogP contribution in [-0.4, -0.2) is 35.3 Å². The van der Waals surface area contributed by atoms with Crippen molar-refractivity contribution in [3.8, 4) is 5.75 Å². The monoisotopic (exact) mass is 440 g/mol.